The van der Waals surface area contributed by atoms with Gasteiger partial charge in [-0.15, -0.1) is 0 Å². The Morgan fingerprint density at radius 1 is 1.08 bits per heavy atom. The van der Waals surface area contributed by atoms with Gasteiger partial charge in [-0.05, 0) is 56.3 Å². The molecular formula is C26H19F3N4O3. The predicted octanol–water partition coefficient (Wildman–Crippen LogP) is 5.35. The number of amides is 1. The zero-order valence-electron chi connectivity index (χ0n) is 19.1. The van der Waals surface area contributed by atoms with E-state index < -0.39 is 23.2 Å². The molecule has 0 unspecified atom stereocenters. The van der Waals surface area contributed by atoms with E-state index in [0.717, 1.165) is 12.1 Å². The lowest BCUT2D eigenvalue weighted by atomic mass is 10.1. The Morgan fingerprint density at radius 3 is 2.50 bits per heavy atom. The lowest BCUT2D eigenvalue weighted by molar-refractivity contribution is -0.137. The van der Waals surface area contributed by atoms with E-state index in [1.807, 2.05) is 6.07 Å². The Hall–Kier alpha value is -4.47. The van der Waals surface area contributed by atoms with E-state index in [1.165, 1.54) is 29.2 Å². The number of furan rings is 1. The number of hydrogen-bond donors (Lipinski definition) is 1. The molecule has 0 fully saturated rings. The molecule has 7 nitrogen and oxygen atoms in total. The molecule has 36 heavy (non-hydrogen) atoms. The first-order chi connectivity index (χ1) is 17.1. The largest absolute Gasteiger partial charge is 0.468 e. The summed E-state index contributed by atoms with van der Waals surface area (Å²) in [6.45, 7) is 3.48. The highest BCUT2D eigenvalue weighted by Crippen LogP contribution is 2.31. The smallest absolute Gasteiger partial charge is 0.416 e. The maximum absolute atomic E-state index is 13.3. The molecule has 0 aliphatic heterocycles. The number of benzene rings is 1. The fraction of sp³-hybridized carbons (Fsp3) is 0.154. The van der Waals surface area contributed by atoms with Crippen molar-refractivity contribution in [2.75, 3.05) is 0 Å². The van der Waals surface area contributed by atoms with Crippen molar-refractivity contribution in [3.05, 3.63) is 100 Å². The molecule has 1 aromatic carbocycles. The summed E-state index contributed by atoms with van der Waals surface area (Å²) in [6, 6.07) is 10.8. The third-order valence-corrected chi connectivity index (χ3v) is 5.95. The van der Waals surface area contributed by atoms with Gasteiger partial charge in [-0.1, -0.05) is 6.07 Å². The third-order valence-electron chi connectivity index (χ3n) is 5.95. The lowest BCUT2D eigenvalue weighted by Crippen LogP contribution is -2.27. The summed E-state index contributed by atoms with van der Waals surface area (Å²) in [4.78, 5) is 35.0. The minimum atomic E-state index is -4.51. The van der Waals surface area contributed by atoms with Gasteiger partial charge in [0.05, 0.1) is 33.9 Å². The van der Waals surface area contributed by atoms with Gasteiger partial charge in [-0.2, -0.15) is 13.2 Å². The molecule has 182 valence electrons. The number of alkyl halides is 3. The summed E-state index contributed by atoms with van der Waals surface area (Å²) in [6.07, 6.45) is -0.258. The Labute approximate surface area is 202 Å². The molecule has 1 amide bonds. The van der Waals surface area contributed by atoms with E-state index in [9.17, 15) is 22.8 Å². The van der Waals surface area contributed by atoms with Crippen molar-refractivity contribution < 1.29 is 22.4 Å². The molecule has 0 saturated carbocycles. The highest BCUT2D eigenvalue weighted by atomic mass is 19.4. The zero-order chi connectivity index (χ0) is 25.6. The average molecular weight is 492 g/mol. The standard InChI is InChI=1S/C26H19F3N4O3/c1-14(21-5-3-4-10-30-21)32-24(34)16-11-19-22-15(2)36-13-20(22)25(35)33(23(19)31-12-16)18-8-6-17(7-9-18)26(27,28)29/h3-14H,1-2H3,(H,32,34)/t14-/m0/s1. The molecule has 0 radical (unpaired) electrons. The van der Waals surface area contributed by atoms with Crippen LogP contribution in [0.15, 0.2) is 76.4 Å². The molecule has 4 aromatic heterocycles. The maximum atomic E-state index is 13.3. The summed E-state index contributed by atoms with van der Waals surface area (Å²) in [7, 11) is 0. The van der Waals surface area contributed by atoms with Gasteiger partial charge < -0.3 is 9.73 Å². The van der Waals surface area contributed by atoms with E-state index in [0.29, 0.717) is 22.2 Å². The fourth-order valence-corrected chi connectivity index (χ4v) is 4.13. The molecule has 0 aliphatic carbocycles. The molecule has 0 bridgehead atoms. The van der Waals surface area contributed by atoms with Crippen LogP contribution in [-0.2, 0) is 6.18 Å². The van der Waals surface area contributed by atoms with Crippen LogP contribution in [0.2, 0.25) is 0 Å². The van der Waals surface area contributed by atoms with Gasteiger partial charge in [0.25, 0.3) is 11.5 Å². The number of carbonyl (C=O) groups is 1. The molecular weight excluding hydrogens is 473 g/mol. The Morgan fingerprint density at radius 2 is 1.83 bits per heavy atom. The van der Waals surface area contributed by atoms with Crippen molar-refractivity contribution in [2.45, 2.75) is 26.1 Å². The third kappa shape index (κ3) is 4.00. The predicted molar refractivity (Wildman–Crippen MR) is 127 cm³/mol. The number of aromatic nitrogens is 3. The molecule has 0 spiro atoms. The van der Waals surface area contributed by atoms with Crippen LogP contribution in [0.1, 0.15) is 40.3 Å². The minimum Gasteiger partial charge on any atom is -0.468 e. The van der Waals surface area contributed by atoms with Crippen LogP contribution in [0.3, 0.4) is 0 Å². The average Bonchev–Trinajstić information content (AvgIpc) is 3.26. The second kappa shape index (κ2) is 8.63. The van der Waals surface area contributed by atoms with E-state index in [4.69, 9.17) is 4.42 Å². The fourth-order valence-electron chi connectivity index (χ4n) is 4.13. The van der Waals surface area contributed by atoms with Gasteiger partial charge in [-0.25, -0.2) is 4.98 Å². The Kier molecular flexibility index (Phi) is 5.58. The normalized spacial score (nSPS) is 12.7. The number of hydrogen-bond acceptors (Lipinski definition) is 5. The number of pyridine rings is 3. The summed E-state index contributed by atoms with van der Waals surface area (Å²) < 4.78 is 45.8. The van der Waals surface area contributed by atoms with Crippen molar-refractivity contribution in [1.29, 1.82) is 0 Å². The molecule has 0 aliphatic rings. The van der Waals surface area contributed by atoms with Gasteiger partial charge in [0.1, 0.15) is 17.7 Å². The van der Waals surface area contributed by atoms with Crippen LogP contribution < -0.4 is 10.9 Å². The summed E-state index contributed by atoms with van der Waals surface area (Å²) >= 11 is 0. The van der Waals surface area contributed by atoms with Crippen LogP contribution in [0, 0.1) is 6.92 Å². The van der Waals surface area contributed by atoms with E-state index in [2.05, 4.69) is 15.3 Å². The highest BCUT2D eigenvalue weighted by molar-refractivity contribution is 6.08. The number of halogens is 3. The first-order valence-corrected chi connectivity index (χ1v) is 11.0. The monoisotopic (exact) mass is 492 g/mol. The topological polar surface area (TPSA) is 90.0 Å². The van der Waals surface area contributed by atoms with Crippen molar-refractivity contribution in [3.8, 4) is 5.69 Å². The van der Waals surface area contributed by atoms with Crippen molar-refractivity contribution in [1.82, 2.24) is 19.9 Å². The number of carbonyl (C=O) groups excluding carboxylic acids is 1. The van der Waals surface area contributed by atoms with Crippen molar-refractivity contribution >= 4 is 27.7 Å². The molecule has 4 heterocycles. The summed E-state index contributed by atoms with van der Waals surface area (Å²) in [5, 5.41) is 4.03. The van der Waals surface area contributed by atoms with Gasteiger partial charge in [0.15, 0.2) is 0 Å². The van der Waals surface area contributed by atoms with E-state index in [-0.39, 0.29) is 28.3 Å². The van der Waals surface area contributed by atoms with Crippen molar-refractivity contribution in [3.63, 3.8) is 0 Å². The van der Waals surface area contributed by atoms with Gasteiger partial charge >= 0.3 is 6.18 Å². The molecule has 0 saturated heterocycles. The zero-order valence-corrected chi connectivity index (χ0v) is 19.1. The Bertz CT molecular complexity index is 1660. The van der Waals surface area contributed by atoms with Crippen LogP contribution in [0.25, 0.3) is 27.5 Å². The summed E-state index contributed by atoms with van der Waals surface area (Å²) in [5.41, 5.74) is -0.0210. The van der Waals surface area contributed by atoms with Crippen molar-refractivity contribution in [2.24, 2.45) is 0 Å². The number of fused-ring (bicyclic) bond motifs is 3. The number of rotatable bonds is 4. The molecule has 1 atom stereocenters. The van der Waals surface area contributed by atoms with Gasteiger partial charge in [0.2, 0.25) is 0 Å². The second-order valence-corrected chi connectivity index (χ2v) is 8.31. The van der Waals surface area contributed by atoms with Crippen LogP contribution in [0.5, 0.6) is 0 Å². The van der Waals surface area contributed by atoms with E-state index in [1.54, 1.807) is 38.2 Å². The van der Waals surface area contributed by atoms with Crippen LogP contribution in [-0.4, -0.2) is 20.4 Å². The summed E-state index contributed by atoms with van der Waals surface area (Å²) in [5.74, 6) is 0.0528. The SMILES string of the molecule is Cc1occ2c(=O)n(-c3ccc(C(F)(F)F)cc3)c3ncc(C(=O)N[C@@H](C)c4ccccn4)cc3c12. The van der Waals surface area contributed by atoms with Gasteiger partial charge in [0, 0.05) is 23.2 Å². The first kappa shape index (κ1) is 23.3. The van der Waals surface area contributed by atoms with Crippen LogP contribution >= 0.6 is 0 Å². The second-order valence-electron chi connectivity index (χ2n) is 8.31. The first-order valence-electron chi connectivity index (χ1n) is 11.0. The number of aryl methyl sites for hydroxylation is 1. The van der Waals surface area contributed by atoms with E-state index >= 15 is 0 Å². The highest BCUT2D eigenvalue weighted by Gasteiger charge is 2.30. The number of nitrogens with zero attached hydrogens (tertiary/aromatic N) is 3. The minimum absolute atomic E-state index is 0.186. The molecule has 10 heteroatoms. The number of nitrogens with one attached hydrogen (secondary N) is 1. The maximum Gasteiger partial charge on any atom is 0.416 e. The van der Waals surface area contributed by atoms with Crippen LogP contribution in [0.4, 0.5) is 13.2 Å². The Balaban J connectivity index is 1.64. The quantitative estimate of drug-likeness (QED) is 0.366. The van der Waals surface area contributed by atoms with Gasteiger partial charge in [-0.3, -0.25) is 19.1 Å². The molecule has 5 aromatic rings. The lowest BCUT2D eigenvalue weighted by Gasteiger charge is -2.15. The molecule has 5 rings (SSSR count). The molecule has 1 N–H and O–H groups in total.